The molecule has 0 radical (unpaired) electrons. The quantitative estimate of drug-likeness (QED) is 0.0510. The molecule has 0 saturated carbocycles. The van der Waals surface area contributed by atoms with Crippen molar-refractivity contribution in [1.82, 2.24) is 5.32 Å². The van der Waals surface area contributed by atoms with Gasteiger partial charge in [-0.25, -0.2) is 22.8 Å². The standard InChI is InChI=1S/C46H46F5NO18/c1-19-39(65-22(4)55)42(66-23(5)56)43(67-24(6)57)45(63-19)70-40-31(64-21(3)54)15-33(68-32(40)18-60-20(2)53)61-17-30(44(58)69-41-37(50)35(48)34(47)36(49)38(41)51)52-46(59)62-16-29-27-13-9-7-11-25(27)26-12-8-10-14-28(26)29/h7-14,19,29-33,39-40,42-43,45H,15-18H2,1-6H3,(H,52,59)/t19-,30+,31-,32-,33-,39+,40-,42+,43-,45-/m1/s1. The van der Waals surface area contributed by atoms with Crippen LogP contribution in [0, 0.1) is 29.1 Å². The van der Waals surface area contributed by atoms with Crippen LogP contribution in [0.3, 0.4) is 0 Å². The summed E-state index contributed by atoms with van der Waals surface area (Å²) in [6, 6.07) is 12.4. The molecule has 1 aliphatic carbocycles. The summed E-state index contributed by atoms with van der Waals surface area (Å²) < 4.78 is 133. The first-order valence-electron chi connectivity index (χ1n) is 21.4. The fourth-order valence-corrected chi connectivity index (χ4v) is 8.07. The Bertz CT molecular complexity index is 2420. The van der Waals surface area contributed by atoms with Crippen molar-refractivity contribution in [3.05, 3.63) is 88.7 Å². The molecule has 1 N–H and O–H groups in total. The predicted octanol–water partition coefficient (Wildman–Crippen LogP) is 4.75. The number of benzene rings is 3. The number of hydrogen-bond acceptors (Lipinski definition) is 18. The normalized spacial score (nSPS) is 24.2. The van der Waals surface area contributed by atoms with Crippen molar-refractivity contribution in [2.24, 2.45) is 0 Å². The zero-order valence-corrected chi connectivity index (χ0v) is 38.0. The highest BCUT2D eigenvalue weighted by molar-refractivity contribution is 5.83. The number of rotatable bonds is 16. The molecule has 0 bridgehead atoms. The Hall–Kier alpha value is -6.76. The molecular formula is C46H46F5NO18. The van der Waals surface area contributed by atoms with Gasteiger partial charge < -0.3 is 57.4 Å². The smallest absolute Gasteiger partial charge is 0.407 e. The van der Waals surface area contributed by atoms with Crippen molar-refractivity contribution < 1.29 is 108 Å². The van der Waals surface area contributed by atoms with Crippen molar-refractivity contribution >= 4 is 41.9 Å². The number of amides is 1. The minimum absolute atomic E-state index is 0.316. The molecule has 0 unspecified atom stereocenters. The first kappa shape index (κ1) is 52.6. The number of ether oxygens (including phenoxy) is 11. The minimum atomic E-state index is -2.55. The van der Waals surface area contributed by atoms with Gasteiger partial charge in [0.25, 0.3) is 0 Å². The molecular weight excluding hydrogens is 949 g/mol. The van der Waals surface area contributed by atoms with E-state index in [0.717, 1.165) is 56.9 Å². The van der Waals surface area contributed by atoms with Gasteiger partial charge in [-0.1, -0.05) is 48.5 Å². The summed E-state index contributed by atoms with van der Waals surface area (Å²) in [5.41, 5.74) is 3.33. The number of carbonyl (C=O) groups is 7. The third-order valence-electron chi connectivity index (χ3n) is 10.9. The highest BCUT2D eigenvalue weighted by Crippen LogP contribution is 2.44. The SMILES string of the molecule is CC(=O)OC[C@H]1O[C@@H](OC[C@H](NC(=O)OCC2c3ccccc3-c3ccccc32)C(=O)Oc2c(F)c(F)c(F)c(F)c2F)C[C@@H](OC(C)=O)[C@H]1O[C@H]1O[C@H](C)[C@H](OC(C)=O)[C@H](OC(C)=O)[C@H]1OC(C)=O. The fraction of sp³-hybridized carbons (Fsp3) is 0.457. The van der Waals surface area contributed by atoms with Crippen molar-refractivity contribution in [1.29, 1.82) is 0 Å². The van der Waals surface area contributed by atoms with Gasteiger partial charge in [-0.05, 0) is 29.2 Å². The van der Waals surface area contributed by atoms with Gasteiger partial charge in [-0.3, -0.25) is 24.0 Å². The van der Waals surface area contributed by atoms with Crippen LogP contribution in [0.25, 0.3) is 11.1 Å². The lowest BCUT2D eigenvalue weighted by Gasteiger charge is -2.47. The van der Waals surface area contributed by atoms with Gasteiger partial charge >= 0.3 is 41.9 Å². The summed E-state index contributed by atoms with van der Waals surface area (Å²) in [6.45, 7) is 4.49. The van der Waals surface area contributed by atoms with Crippen molar-refractivity contribution in [3.8, 4) is 16.9 Å². The van der Waals surface area contributed by atoms with E-state index in [1.807, 2.05) is 36.4 Å². The molecule has 3 aliphatic rings. The monoisotopic (exact) mass is 995 g/mol. The summed E-state index contributed by atoms with van der Waals surface area (Å²) in [4.78, 5) is 88.4. The molecule has 24 heteroatoms. The van der Waals surface area contributed by atoms with Crippen LogP contribution < -0.4 is 10.1 Å². The van der Waals surface area contributed by atoms with Gasteiger partial charge in [-0.15, -0.1) is 0 Å². The van der Waals surface area contributed by atoms with Crippen LogP contribution in [0.1, 0.15) is 65.0 Å². The number of nitrogens with one attached hydrogen (secondary N) is 1. The lowest BCUT2D eigenvalue weighted by molar-refractivity contribution is -0.343. The second-order valence-electron chi connectivity index (χ2n) is 16.0. The molecule has 3 aromatic carbocycles. The van der Waals surface area contributed by atoms with E-state index in [-0.39, 0.29) is 6.61 Å². The maximum atomic E-state index is 14.8. The lowest BCUT2D eigenvalue weighted by Crippen LogP contribution is -2.64. The molecule has 2 aliphatic heterocycles. The number of fused-ring (bicyclic) bond motifs is 3. The van der Waals surface area contributed by atoms with Crippen LogP contribution in [0.5, 0.6) is 5.75 Å². The molecule has 10 atom stereocenters. The van der Waals surface area contributed by atoms with Gasteiger partial charge in [0.1, 0.15) is 31.5 Å². The van der Waals surface area contributed by atoms with E-state index in [4.69, 9.17) is 47.4 Å². The van der Waals surface area contributed by atoms with E-state index in [1.165, 1.54) is 6.92 Å². The van der Waals surface area contributed by atoms with Gasteiger partial charge in [0.05, 0.1) is 12.7 Å². The van der Waals surface area contributed by atoms with E-state index in [9.17, 15) is 55.5 Å². The average molecular weight is 996 g/mol. The predicted molar refractivity (Wildman–Crippen MR) is 221 cm³/mol. The first-order chi connectivity index (χ1) is 33.1. The molecule has 70 heavy (non-hydrogen) atoms. The third kappa shape index (κ3) is 12.3. The number of carbonyl (C=O) groups excluding carboxylic acids is 7. The van der Waals surface area contributed by atoms with E-state index in [0.29, 0.717) is 0 Å². The summed E-state index contributed by atoms with van der Waals surface area (Å²) in [6.07, 6.45) is -15.5. The maximum Gasteiger partial charge on any atom is 0.407 e. The molecule has 2 fully saturated rings. The van der Waals surface area contributed by atoms with Crippen molar-refractivity contribution in [3.63, 3.8) is 0 Å². The summed E-state index contributed by atoms with van der Waals surface area (Å²) in [5, 5.41) is 2.12. The summed E-state index contributed by atoms with van der Waals surface area (Å²) in [7, 11) is 0. The first-order valence-corrected chi connectivity index (χ1v) is 21.4. The molecule has 2 saturated heterocycles. The molecule has 0 spiro atoms. The van der Waals surface area contributed by atoms with E-state index in [1.54, 1.807) is 12.1 Å². The second kappa shape index (κ2) is 22.8. The number of hydrogen-bond donors (Lipinski definition) is 1. The molecule has 0 aromatic heterocycles. The van der Waals surface area contributed by atoms with Gasteiger partial charge in [-0.2, -0.15) is 8.78 Å². The maximum absolute atomic E-state index is 14.8. The Labute approximate surface area is 395 Å². The van der Waals surface area contributed by atoms with Crippen molar-refractivity contribution in [2.45, 2.75) is 115 Å². The van der Waals surface area contributed by atoms with Crippen LogP contribution >= 0.6 is 0 Å². The van der Waals surface area contributed by atoms with Crippen LogP contribution in [0.2, 0.25) is 0 Å². The highest BCUT2D eigenvalue weighted by Gasteiger charge is 2.54. The Morgan fingerprint density at radius 2 is 1.16 bits per heavy atom. The van der Waals surface area contributed by atoms with Crippen LogP contribution in [-0.2, 0) is 76.1 Å². The molecule has 1 amide bonds. The molecule has 6 rings (SSSR count). The number of alkyl carbamates (subject to hydrolysis) is 1. The van der Waals surface area contributed by atoms with Crippen LogP contribution in [-0.4, -0.2) is 123 Å². The largest absolute Gasteiger partial charge is 0.463 e. The van der Waals surface area contributed by atoms with Gasteiger partial charge in [0.2, 0.25) is 34.8 Å². The highest BCUT2D eigenvalue weighted by atomic mass is 19.2. The number of esters is 6. The lowest BCUT2D eigenvalue weighted by atomic mass is 9.97. The number of halogens is 5. The van der Waals surface area contributed by atoms with E-state index in [2.05, 4.69) is 10.1 Å². The molecule has 3 aromatic rings. The van der Waals surface area contributed by atoms with Gasteiger partial charge in [0, 0.05) is 47.0 Å². The van der Waals surface area contributed by atoms with Crippen LogP contribution in [0.15, 0.2) is 48.5 Å². The molecule has 2 heterocycles. The summed E-state index contributed by atoms with van der Waals surface area (Å²) in [5.74, 6) is -21.2. The Kier molecular flexibility index (Phi) is 17.1. The van der Waals surface area contributed by atoms with Gasteiger partial charge in [0.15, 0.2) is 36.9 Å². The third-order valence-corrected chi connectivity index (χ3v) is 10.9. The Morgan fingerprint density at radius 3 is 1.71 bits per heavy atom. The van der Waals surface area contributed by atoms with E-state index >= 15 is 0 Å². The average Bonchev–Trinajstić information content (AvgIpc) is 3.62. The molecule has 378 valence electrons. The molecule has 19 nitrogen and oxygen atoms in total. The zero-order valence-electron chi connectivity index (χ0n) is 38.0. The fourth-order valence-electron chi connectivity index (χ4n) is 8.07. The van der Waals surface area contributed by atoms with Crippen LogP contribution in [0.4, 0.5) is 26.7 Å². The minimum Gasteiger partial charge on any atom is -0.463 e. The Morgan fingerprint density at radius 1 is 0.629 bits per heavy atom. The van der Waals surface area contributed by atoms with Crippen molar-refractivity contribution in [2.75, 3.05) is 19.8 Å². The Balaban J connectivity index is 1.26. The van der Waals surface area contributed by atoms with E-state index < -0.39 is 164 Å². The summed E-state index contributed by atoms with van der Waals surface area (Å²) >= 11 is 0. The zero-order chi connectivity index (χ0) is 51.1. The topological polar surface area (TPSA) is 233 Å². The second-order valence-corrected chi connectivity index (χ2v) is 16.0.